The highest BCUT2D eigenvalue weighted by Crippen LogP contribution is 2.45. The van der Waals surface area contributed by atoms with E-state index in [0.717, 1.165) is 16.4 Å². The van der Waals surface area contributed by atoms with E-state index in [1.807, 2.05) is 0 Å². The van der Waals surface area contributed by atoms with Crippen molar-refractivity contribution < 1.29 is 0 Å². The molecule has 3 atom stereocenters. The maximum absolute atomic E-state index is 2.45. The maximum Gasteiger partial charge on any atom is 0.0269 e. The first-order valence-corrected chi connectivity index (χ1v) is 8.50. The van der Waals surface area contributed by atoms with Crippen molar-refractivity contribution in [3.05, 3.63) is 42.0 Å². The third-order valence-electron chi connectivity index (χ3n) is 3.67. The molecule has 0 radical (unpaired) electrons. The molecule has 0 N–H and O–H groups in total. The average Bonchev–Trinajstić information content (AvgIpc) is 2.86. The van der Waals surface area contributed by atoms with E-state index in [1.165, 1.54) is 29.9 Å². The van der Waals surface area contributed by atoms with E-state index < -0.39 is 0 Å². The van der Waals surface area contributed by atoms with Crippen LogP contribution >= 0.6 is 23.5 Å². The molecule has 2 aliphatic rings. The van der Waals surface area contributed by atoms with Crippen LogP contribution in [0.15, 0.2) is 36.4 Å². The largest absolute Gasteiger partial charge is 0.158 e. The van der Waals surface area contributed by atoms with Crippen LogP contribution in [0.3, 0.4) is 0 Å². The van der Waals surface area contributed by atoms with Crippen LogP contribution in [0.25, 0.3) is 6.08 Å². The molecule has 0 aromatic heterocycles. The lowest BCUT2D eigenvalue weighted by molar-refractivity contribution is 0.510. The lowest BCUT2D eigenvalue weighted by Crippen LogP contribution is -2.28. The van der Waals surface area contributed by atoms with Gasteiger partial charge in [0.05, 0.1) is 0 Å². The van der Waals surface area contributed by atoms with Crippen molar-refractivity contribution in [3.63, 3.8) is 0 Å². The summed E-state index contributed by atoms with van der Waals surface area (Å²) in [6.07, 6.45) is 7.60. The minimum atomic E-state index is 0.754. The molecule has 3 unspecified atom stereocenters. The van der Waals surface area contributed by atoms with Crippen molar-refractivity contribution in [1.29, 1.82) is 0 Å². The van der Waals surface area contributed by atoms with E-state index in [-0.39, 0.29) is 0 Å². The Morgan fingerprint density at radius 3 is 2.71 bits per heavy atom. The fourth-order valence-electron chi connectivity index (χ4n) is 2.75. The molecular weight excluding hydrogens is 244 g/mol. The summed E-state index contributed by atoms with van der Waals surface area (Å²) >= 11 is 4.36. The van der Waals surface area contributed by atoms with Crippen LogP contribution in [0.5, 0.6) is 0 Å². The Balaban J connectivity index is 1.70. The van der Waals surface area contributed by atoms with Gasteiger partial charge in [-0.3, -0.25) is 0 Å². The smallest absolute Gasteiger partial charge is 0.0269 e. The fraction of sp³-hybridized carbons (Fsp3) is 0.467. The first kappa shape index (κ1) is 11.7. The van der Waals surface area contributed by atoms with Crippen molar-refractivity contribution in [3.8, 4) is 0 Å². The molecule has 17 heavy (non-hydrogen) atoms. The van der Waals surface area contributed by atoms with Gasteiger partial charge in [0.15, 0.2) is 0 Å². The van der Waals surface area contributed by atoms with E-state index >= 15 is 0 Å². The highest BCUT2D eigenvalue weighted by Gasteiger charge is 2.36. The average molecular weight is 262 g/mol. The third kappa shape index (κ3) is 2.74. The van der Waals surface area contributed by atoms with E-state index in [0.29, 0.717) is 0 Å². The maximum atomic E-state index is 2.45. The van der Waals surface area contributed by atoms with Gasteiger partial charge in [0.2, 0.25) is 0 Å². The summed E-state index contributed by atoms with van der Waals surface area (Å²) in [5, 5.41) is 1.70. The second-order valence-corrected chi connectivity index (χ2v) is 7.39. The molecule has 0 amide bonds. The van der Waals surface area contributed by atoms with E-state index in [2.05, 4.69) is 66.0 Å². The second kappa shape index (κ2) is 5.53. The Bertz CT molecular complexity index is 385. The summed E-state index contributed by atoms with van der Waals surface area (Å²) in [7, 11) is 0. The van der Waals surface area contributed by atoms with Gasteiger partial charge in [-0.1, -0.05) is 42.5 Å². The predicted molar refractivity (Wildman–Crippen MR) is 80.7 cm³/mol. The summed E-state index contributed by atoms with van der Waals surface area (Å²) in [6, 6.07) is 10.7. The molecule has 2 heterocycles. The summed E-state index contributed by atoms with van der Waals surface area (Å²) < 4.78 is 0. The molecule has 3 rings (SSSR count). The van der Waals surface area contributed by atoms with Gasteiger partial charge in [0, 0.05) is 10.5 Å². The van der Waals surface area contributed by atoms with E-state index in [1.54, 1.807) is 0 Å². The lowest BCUT2D eigenvalue weighted by atomic mass is 9.95. The lowest BCUT2D eigenvalue weighted by Gasteiger charge is -2.30. The van der Waals surface area contributed by atoms with Gasteiger partial charge in [-0.25, -0.2) is 0 Å². The second-order valence-electron chi connectivity index (χ2n) is 4.76. The molecule has 0 aliphatic carbocycles. The van der Waals surface area contributed by atoms with Gasteiger partial charge in [-0.05, 0) is 35.8 Å². The van der Waals surface area contributed by atoms with Crippen LogP contribution in [0.2, 0.25) is 0 Å². The molecule has 0 saturated carbocycles. The SMILES string of the molecule is C(=C\C1SCCC2SCCC12)/c1ccccc1. The molecule has 90 valence electrons. The standard InChI is InChI=1S/C15H18S2/c1-2-4-12(5-3-1)6-7-14-13-8-10-16-15(13)9-11-17-14/h1-7,13-15H,8-11H2/b7-6+. The zero-order chi connectivity index (χ0) is 11.5. The molecule has 0 bridgehead atoms. The Morgan fingerprint density at radius 2 is 1.82 bits per heavy atom. The molecule has 2 heteroatoms. The number of benzene rings is 1. The highest BCUT2D eigenvalue weighted by molar-refractivity contribution is 8.01. The van der Waals surface area contributed by atoms with Crippen LogP contribution in [-0.4, -0.2) is 22.0 Å². The summed E-state index contributed by atoms with van der Waals surface area (Å²) in [6.45, 7) is 0. The van der Waals surface area contributed by atoms with Gasteiger partial charge in [0.1, 0.15) is 0 Å². The molecule has 2 fully saturated rings. The Labute approximate surface area is 112 Å². The van der Waals surface area contributed by atoms with Crippen LogP contribution in [0.1, 0.15) is 18.4 Å². The van der Waals surface area contributed by atoms with Gasteiger partial charge in [0.25, 0.3) is 0 Å². The van der Waals surface area contributed by atoms with Crippen LogP contribution in [0, 0.1) is 5.92 Å². The molecule has 2 saturated heterocycles. The third-order valence-corrected chi connectivity index (χ3v) is 6.52. The first-order valence-electron chi connectivity index (χ1n) is 6.40. The monoisotopic (exact) mass is 262 g/mol. The predicted octanol–water partition coefficient (Wildman–Crippen LogP) is 4.33. The Morgan fingerprint density at radius 1 is 1.00 bits per heavy atom. The molecule has 2 aliphatic heterocycles. The Kier molecular flexibility index (Phi) is 3.82. The van der Waals surface area contributed by atoms with E-state index in [9.17, 15) is 0 Å². The summed E-state index contributed by atoms with van der Waals surface area (Å²) in [5.41, 5.74) is 1.33. The molecular formula is C15H18S2. The zero-order valence-electron chi connectivity index (χ0n) is 9.92. The zero-order valence-corrected chi connectivity index (χ0v) is 11.6. The van der Waals surface area contributed by atoms with Crippen molar-refractivity contribution in [2.75, 3.05) is 11.5 Å². The number of rotatable bonds is 2. The minimum absolute atomic E-state index is 0.754. The van der Waals surface area contributed by atoms with Crippen LogP contribution in [-0.2, 0) is 0 Å². The Hall–Kier alpha value is -0.340. The molecule has 1 aromatic rings. The van der Waals surface area contributed by atoms with Gasteiger partial charge in [-0.2, -0.15) is 23.5 Å². The van der Waals surface area contributed by atoms with Gasteiger partial charge < -0.3 is 0 Å². The molecule has 0 nitrogen and oxygen atoms in total. The quantitative estimate of drug-likeness (QED) is 0.778. The first-order chi connectivity index (χ1) is 8.43. The van der Waals surface area contributed by atoms with Crippen molar-refractivity contribution in [2.24, 2.45) is 5.92 Å². The molecule has 0 spiro atoms. The highest BCUT2D eigenvalue weighted by atomic mass is 32.2. The number of fused-ring (bicyclic) bond motifs is 1. The van der Waals surface area contributed by atoms with Crippen molar-refractivity contribution in [1.82, 2.24) is 0 Å². The topological polar surface area (TPSA) is 0 Å². The number of hydrogen-bond acceptors (Lipinski definition) is 2. The minimum Gasteiger partial charge on any atom is -0.158 e. The molecule has 1 aromatic carbocycles. The number of hydrogen-bond donors (Lipinski definition) is 0. The summed E-state index contributed by atoms with van der Waals surface area (Å²) in [5.74, 6) is 3.66. The number of thioether (sulfide) groups is 2. The van der Waals surface area contributed by atoms with Crippen LogP contribution < -0.4 is 0 Å². The van der Waals surface area contributed by atoms with Gasteiger partial charge in [-0.15, -0.1) is 0 Å². The van der Waals surface area contributed by atoms with E-state index in [4.69, 9.17) is 0 Å². The normalized spacial score (nSPS) is 32.8. The van der Waals surface area contributed by atoms with Gasteiger partial charge >= 0.3 is 0 Å². The van der Waals surface area contributed by atoms with Crippen molar-refractivity contribution in [2.45, 2.75) is 23.3 Å². The van der Waals surface area contributed by atoms with Crippen molar-refractivity contribution >= 4 is 29.6 Å². The fourth-order valence-corrected chi connectivity index (χ4v) is 5.97. The van der Waals surface area contributed by atoms with Crippen LogP contribution in [0.4, 0.5) is 0 Å². The summed E-state index contributed by atoms with van der Waals surface area (Å²) in [4.78, 5) is 0.